The molecule has 0 aliphatic rings. The average Bonchev–Trinajstić information content (AvgIpc) is 2.49. The predicted octanol–water partition coefficient (Wildman–Crippen LogP) is 2.22. The largest absolute Gasteiger partial charge is 0.494 e. The van der Waals surface area contributed by atoms with Gasteiger partial charge in [0.25, 0.3) is 5.56 Å². The molecule has 1 aromatic heterocycles. The molecular formula is C16H14N4O3. The maximum absolute atomic E-state index is 11.8. The van der Waals surface area contributed by atoms with Gasteiger partial charge in [-0.25, -0.2) is 9.79 Å². The molecule has 2 amide bonds. The number of rotatable bonds is 2. The van der Waals surface area contributed by atoms with E-state index in [2.05, 4.69) is 15.3 Å². The molecule has 7 heteroatoms. The van der Waals surface area contributed by atoms with Crippen LogP contribution in [0, 0.1) is 25.2 Å². The zero-order valence-electron chi connectivity index (χ0n) is 12.5. The van der Waals surface area contributed by atoms with Crippen molar-refractivity contribution in [2.75, 3.05) is 5.32 Å². The number of aliphatic imine (C=N–C) groups is 1. The topological polar surface area (TPSA) is 118 Å². The quantitative estimate of drug-likeness (QED) is 0.737. The number of carbonyl (C=O) groups is 1. The van der Waals surface area contributed by atoms with Crippen molar-refractivity contribution in [2.24, 2.45) is 4.99 Å². The Kier molecular flexibility index (Phi) is 4.57. The fourth-order valence-corrected chi connectivity index (χ4v) is 1.93. The molecule has 0 atom stereocenters. The summed E-state index contributed by atoms with van der Waals surface area (Å²) >= 11 is 0. The summed E-state index contributed by atoms with van der Waals surface area (Å²) in [6, 6.07) is 8.26. The molecule has 0 radical (unpaired) electrons. The maximum atomic E-state index is 11.8. The van der Waals surface area contributed by atoms with Crippen molar-refractivity contribution < 1.29 is 9.90 Å². The Morgan fingerprint density at radius 2 is 2.00 bits per heavy atom. The van der Waals surface area contributed by atoms with Crippen LogP contribution >= 0.6 is 0 Å². The molecule has 0 aliphatic heterocycles. The number of nitrogens with zero attached hydrogens (tertiary/aromatic N) is 2. The molecule has 1 aromatic carbocycles. The van der Waals surface area contributed by atoms with E-state index in [0.29, 0.717) is 5.69 Å². The van der Waals surface area contributed by atoms with Gasteiger partial charge < -0.3 is 10.4 Å². The number of anilines is 1. The minimum absolute atomic E-state index is 0.111. The highest BCUT2D eigenvalue weighted by molar-refractivity contribution is 5.99. The number of aromatic nitrogens is 1. The van der Waals surface area contributed by atoms with Gasteiger partial charge in [-0.15, -0.1) is 0 Å². The van der Waals surface area contributed by atoms with Gasteiger partial charge in [-0.3, -0.25) is 9.78 Å². The summed E-state index contributed by atoms with van der Waals surface area (Å²) in [6.07, 6.45) is 1.10. The Morgan fingerprint density at radius 1 is 1.35 bits per heavy atom. The van der Waals surface area contributed by atoms with Crippen LogP contribution in [-0.4, -0.2) is 22.3 Å². The van der Waals surface area contributed by atoms with Gasteiger partial charge in [0.15, 0.2) is 0 Å². The molecule has 0 fully saturated rings. The molecule has 23 heavy (non-hydrogen) atoms. The summed E-state index contributed by atoms with van der Waals surface area (Å²) in [5.41, 5.74) is 1.18. The first-order chi connectivity index (χ1) is 10.9. The van der Waals surface area contributed by atoms with E-state index >= 15 is 0 Å². The molecule has 2 aromatic rings. The van der Waals surface area contributed by atoms with E-state index in [1.54, 1.807) is 18.2 Å². The molecule has 0 spiro atoms. The second-order valence-electron chi connectivity index (χ2n) is 4.88. The van der Waals surface area contributed by atoms with Gasteiger partial charge in [0.05, 0.1) is 5.56 Å². The number of hydrogen-bond acceptors (Lipinski definition) is 4. The molecule has 0 unspecified atom stereocenters. The minimum atomic E-state index is -0.691. The van der Waals surface area contributed by atoms with Gasteiger partial charge in [-0.2, -0.15) is 5.26 Å². The molecule has 0 aliphatic carbocycles. The number of nitrogens with one attached hydrogen (secondary N) is 2. The van der Waals surface area contributed by atoms with Crippen molar-refractivity contribution in [3.05, 3.63) is 56.9 Å². The summed E-state index contributed by atoms with van der Waals surface area (Å²) in [7, 11) is 0. The Balaban J connectivity index is 2.23. The van der Waals surface area contributed by atoms with E-state index in [9.17, 15) is 14.7 Å². The van der Waals surface area contributed by atoms with Gasteiger partial charge in [-0.1, -0.05) is 17.7 Å². The van der Waals surface area contributed by atoms with Gasteiger partial charge in [0.1, 0.15) is 11.6 Å². The summed E-state index contributed by atoms with van der Waals surface area (Å²) in [5, 5.41) is 21.2. The minimum Gasteiger partial charge on any atom is -0.494 e. The SMILES string of the molecule is Cc1ccc(NC(=O)N=Cc2c(O)[nH]c(=O)c(C#N)c2C)cc1. The number of H-pyrrole nitrogens is 1. The third-order valence-electron chi connectivity index (χ3n) is 3.22. The number of urea groups is 1. The highest BCUT2D eigenvalue weighted by Crippen LogP contribution is 2.16. The van der Waals surface area contributed by atoms with E-state index in [4.69, 9.17) is 5.26 Å². The first-order valence-corrected chi connectivity index (χ1v) is 6.70. The Labute approximate surface area is 131 Å². The number of aryl methyl sites for hydroxylation is 1. The highest BCUT2D eigenvalue weighted by atomic mass is 16.3. The van der Waals surface area contributed by atoms with Gasteiger partial charge in [0, 0.05) is 11.9 Å². The average molecular weight is 310 g/mol. The zero-order chi connectivity index (χ0) is 17.0. The van der Waals surface area contributed by atoms with Crippen LogP contribution in [0.4, 0.5) is 10.5 Å². The molecule has 1 heterocycles. The molecule has 2 rings (SSSR count). The van der Waals surface area contributed by atoms with E-state index in [1.807, 2.05) is 19.1 Å². The van der Waals surface area contributed by atoms with E-state index < -0.39 is 17.5 Å². The molecule has 116 valence electrons. The lowest BCUT2D eigenvalue weighted by atomic mass is 10.1. The molecule has 0 saturated carbocycles. The number of benzene rings is 1. The lowest BCUT2D eigenvalue weighted by Gasteiger charge is -2.05. The fourth-order valence-electron chi connectivity index (χ4n) is 1.93. The van der Waals surface area contributed by atoms with Crippen molar-refractivity contribution in [3.8, 4) is 11.9 Å². The fraction of sp³-hybridized carbons (Fsp3) is 0.125. The second-order valence-corrected chi connectivity index (χ2v) is 4.88. The van der Waals surface area contributed by atoms with Crippen LogP contribution in [0.5, 0.6) is 5.88 Å². The van der Waals surface area contributed by atoms with Crippen LogP contribution in [0.1, 0.15) is 22.3 Å². The Hall–Kier alpha value is -3.40. The predicted molar refractivity (Wildman–Crippen MR) is 86.0 cm³/mol. The summed E-state index contributed by atoms with van der Waals surface area (Å²) in [5.74, 6) is -0.446. The Bertz CT molecular complexity index is 874. The van der Waals surface area contributed by atoms with E-state index in [0.717, 1.165) is 11.8 Å². The number of aromatic amines is 1. The van der Waals surface area contributed by atoms with Crippen LogP contribution in [0.15, 0.2) is 34.1 Å². The van der Waals surface area contributed by atoms with Gasteiger partial charge in [0.2, 0.25) is 5.88 Å². The third kappa shape index (κ3) is 3.63. The first-order valence-electron chi connectivity index (χ1n) is 6.70. The Morgan fingerprint density at radius 3 is 2.61 bits per heavy atom. The number of nitriles is 1. The van der Waals surface area contributed by atoms with Crippen LogP contribution in [0.25, 0.3) is 0 Å². The number of pyridine rings is 1. The third-order valence-corrected chi connectivity index (χ3v) is 3.22. The summed E-state index contributed by atoms with van der Waals surface area (Å²) in [4.78, 5) is 29.1. The van der Waals surface area contributed by atoms with Crippen LogP contribution < -0.4 is 10.9 Å². The smallest absolute Gasteiger partial charge is 0.345 e. The number of aromatic hydroxyl groups is 1. The van der Waals surface area contributed by atoms with Crippen molar-refractivity contribution in [1.82, 2.24) is 4.98 Å². The number of carbonyl (C=O) groups excluding carboxylic acids is 1. The van der Waals surface area contributed by atoms with Gasteiger partial charge >= 0.3 is 6.03 Å². The lowest BCUT2D eigenvalue weighted by molar-refractivity contribution is 0.259. The normalized spacial score (nSPS) is 10.5. The monoisotopic (exact) mass is 310 g/mol. The summed E-state index contributed by atoms with van der Waals surface area (Å²) < 4.78 is 0. The molecule has 3 N–H and O–H groups in total. The number of hydrogen-bond donors (Lipinski definition) is 3. The van der Waals surface area contributed by atoms with E-state index in [-0.39, 0.29) is 16.7 Å². The van der Waals surface area contributed by atoms with Crippen molar-refractivity contribution in [2.45, 2.75) is 13.8 Å². The van der Waals surface area contributed by atoms with Crippen molar-refractivity contribution >= 4 is 17.9 Å². The highest BCUT2D eigenvalue weighted by Gasteiger charge is 2.12. The molecule has 0 bridgehead atoms. The maximum Gasteiger partial charge on any atom is 0.345 e. The lowest BCUT2D eigenvalue weighted by Crippen LogP contribution is -2.14. The summed E-state index contributed by atoms with van der Waals surface area (Å²) in [6.45, 7) is 3.42. The standard InChI is InChI=1S/C16H14N4O3/c1-9-3-5-11(6-4-9)19-16(23)18-8-13-10(2)12(7-17)14(21)20-15(13)22/h3-6,8H,1-2H3,(H,19,23)(H2,20,21,22). The molecular weight excluding hydrogens is 296 g/mol. The number of amides is 2. The second kappa shape index (κ2) is 6.58. The van der Waals surface area contributed by atoms with Crippen LogP contribution in [0.3, 0.4) is 0 Å². The molecule has 0 saturated heterocycles. The van der Waals surface area contributed by atoms with Crippen LogP contribution in [-0.2, 0) is 0 Å². The van der Waals surface area contributed by atoms with Crippen molar-refractivity contribution in [1.29, 1.82) is 5.26 Å². The van der Waals surface area contributed by atoms with E-state index in [1.165, 1.54) is 6.92 Å². The molecule has 7 nitrogen and oxygen atoms in total. The zero-order valence-corrected chi connectivity index (χ0v) is 12.5. The van der Waals surface area contributed by atoms with Crippen LogP contribution in [0.2, 0.25) is 0 Å². The van der Waals surface area contributed by atoms with Crippen molar-refractivity contribution in [3.63, 3.8) is 0 Å². The first kappa shape index (κ1) is 16.0. The van der Waals surface area contributed by atoms with Gasteiger partial charge in [-0.05, 0) is 31.5 Å².